The molecule has 1 N–H and O–H groups in total. The van der Waals surface area contributed by atoms with Crippen LogP contribution in [0.5, 0.6) is 0 Å². The molecule has 0 spiro atoms. The second-order valence-electron chi connectivity index (χ2n) is 7.51. The predicted molar refractivity (Wildman–Crippen MR) is 125 cm³/mol. The summed E-state index contributed by atoms with van der Waals surface area (Å²) in [5.41, 5.74) is 3.30. The Labute approximate surface area is 189 Å². The molecular weight excluding hydrogens is 412 g/mol. The molecular formula is C25H29ClN2O3. The number of rotatable bonds is 11. The van der Waals surface area contributed by atoms with Gasteiger partial charge in [0.15, 0.2) is 0 Å². The monoisotopic (exact) mass is 440 g/mol. The molecule has 1 heterocycles. The normalized spacial score (nSPS) is 14.0. The van der Waals surface area contributed by atoms with Crippen LogP contribution in [0.15, 0.2) is 54.2 Å². The van der Waals surface area contributed by atoms with Crippen molar-refractivity contribution in [3.05, 3.63) is 70.4 Å². The molecule has 0 saturated carbocycles. The summed E-state index contributed by atoms with van der Waals surface area (Å²) in [6, 6.07) is 14.8. The van der Waals surface area contributed by atoms with Gasteiger partial charge in [0.1, 0.15) is 5.70 Å². The Kier molecular flexibility index (Phi) is 8.27. The highest BCUT2D eigenvalue weighted by molar-refractivity contribution is 6.36. The van der Waals surface area contributed by atoms with Gasteiger partial charge in [-0.05, 0) is 54.7 Å². The molecule has 1 aliphatic heterocycles. The van der Waals surface area contributed by atoms with Crippen molar-refractivity contribution in [3.63, 3.8) is 0 Å². The molecule has 164 valence electrons. The highest BCUT2D eigenvalue weighted by Crippen LogP contribution is 2.31. The molecule has 0 bridgehead atoms. The number of carbonyl (C=O) groups excluding carboxylic acids is 2. The predicted octanol–water partition coefficient (Wildman–Crippen LogP) is 5.30. The highest BCUT2D eigenvalue weighted by atomic mass is 35.5. The van der Waals surface area contributed by atoms with Gasteiger partial charge in [0, 0.05) is 30.5 Å². The quantitative estimate of drug-likeness (QED) is 0.380. The Hall–Kier alpha value is -2.63. The topological polar surface area (TPSA) is 58.6 Å². The number of unbranched alkanes of at least 4 members (excludes halogenated alkanes) is 1. The first kappa shape index (κ1) is 23.0. The van der Waals surface area contributed by atoms with Crippen molar-refractivity contribution in [2.45, 2.75) is 39.5 Å². The average molecular weight is 441 g/mol. The van der Waals surface area contributed by atoms with E-state index in [9.17, 15) is 9.59 Å². The lowest BCUT2D eigenvalue weighted by molar-refractivity contribution is -0.137. The SMILES string of the molecule is CCCCOCCCN1C(=O)C(Nc2ccc(CC)cc2)=C(c2ccc(Cl)cc2)C1=O. The maximum atomic E-state index is 13.2. The second kappa shape index (κ2) is 11.1. The Morgan fingerprint density at radius 1 is 0.903 bits per heavy atom. The van der Waals surface area contributed by atoms with Crippen LogP contribution < -0.4 is 5.32 Å². The van der Waals surface area contributed by atoms with E-state index in [0.29, 0.717) is 48.0 Å². The van der Waals surface area contributed by atoms with Crippen molar-refractivity contribution in [3.8, 4) is 0 Å². The van der Waals surface area contributed by atoms with Gasteiger partial charge in [0.2, 0.25) is 0 Å². The minimum absolute atomic E-state index is 0.295. The number of nitrogens with one attached hydrogen (secondary N) is 1. The molecule has 3 rings (SSSR count). The smallest absolute Gasteiger partial charge is 0.278 e. The molecule has 0 atom stereocenters. The van der Waals surface area contributed by atoms with Crippen LogP contribution in [-0.2, 0) is 20.7 Å². The van der Waals surface area contributed by atoms with Crippen molar-refractivity contribution < 1.29 is 14.3 Å². The summed E-state index contributed by atoms with van der Waals surface area (Å²) in [6.07, 6.45) is 3.62. The third-order valence-electron chi connectivity index (χ3n) is 5.25. The first-order valence-electron chi connectivity index (χ1n) is 10.8. The molecule has 0 aromatic heterocycles. The maximum absolute atomic E-state index is 13.2. The number of hydrogen-bond acceptors (Lipinski definition) is 4. The molecule has 0 unspecified atom stereocenters. The van der Waals surface area contributed by atoms with Crippen LogP contribution in [0.3, 0.4) is 0 Å². The lowest BCUT2D eigenvalue weighted by Gasteiger charge is -2.15. The van der Waals surface area contributed by atoms with Crippen LogP contribution >= 0.6 is 11.6 Å². The van der Waals surface area contributed by atoms with Crippen LogP contribution in [0.4, 0.5) is 5.69 Å². The number of halogens is 1. The van der Waals surface area contributed by atoms with Crippen LogP contribution in [0, 0.1) is 0 Å². The van der Waals surface area contributed by atoms with Crippen molar-refractivity contribution >= 4 is 34.7 Å². The van der Waals surface area contributed by atoms with Crippen LogP contribution in [0.1, 0.15) is 44.2 Å². The van der Waals surface area contributed by atoms with Gasteiger partial charge in [-0.15, -0.1) is 0 Å². The van der Waals surface area contributed by atoms with Crippen molar-refractivity contribution in [1.29, 1.82) is 0 Å². The number of nitrogens with zero attached hydrogens (tertiary/aromatic N) is 1. The molecule has 2 aromatic carbocycles. The number of benzene rings is 2. The van der Waals surface area contributed by atoms with Gasteiger partial charge in [-0.2, -0.15) is 0 Å². The van der Waals surface area contributed by atoms with E-state index in [2.05, 4.69) is 19.2 Å². The summed E-state index contributed by atoms with van der Waals surface area (Å²) in [4.78, 5) is 27.7. The lowest BCUT2D eigenvalue weighted by Crippen LogP contribution is -2.34. The van der Waals surface area contributed by atoms with E-state index in [0.717, 1.165) is 24.9 Å². The van der Waals surface area contributed by atoms with Gasteiger partial charge in [-0.1, -0.05) is 56.1 Å². The minimum atomic E-state index is -0.317. The summed E-state index contributed by atoms with van der Waals surface area (Å²) >= 11 is 6.02. The third-order valence-corrected chi connectivity index (χ3v) is 5.50. The fraction of sp³-hybridized carbons (Fsp3) is 0.360. The zero-order valence-corrected chi connectivity index (χ0v) is 18.9. The number of imide groups is 1. The van der Waals surface area contributed by atoms with Gasteiger partial charge in [-0.3, -0.25) is 14.5 Å². The Bertz CT molecular complexity index is 936. The van der Waals surface area contributed by atoms with E-state index < -0.39 is 0 Å². The first-order valence-corrected chi connectivity index (χ1v) is 11.2. The number of anilines is 1. The van der Waals surface area contributed by atoms with Gasteiger partial charge in [0.25, 0.3) is 11.8 Å². The number of amides is 2. The largest absolute Gasteiger partial charge is 0.381 e. The van der Waals surface area contributed by atoms with Gasteiger partial charge in [0.05, 0.1) is 5.57 Å². The van der Waals surface area contributed by atoms with E-state index in [1.165, 1.54) is 10.5 Å². The summed E-state index contributed by atoms with van der Waals surface area (Å²) in [5.74, 6) is -0.614. The van der Waals surface area contributed by atoms with Crippen LogP contribution in [0.25, 0.3) is 5.57 Å². The zero-order chi connectivity index (χ0) is 22.2. The second-order valence-corrected chi connectivity index (χ2v) is 7.95. The summed E-state index contributed by atoms with van der Waals surface area (Å²) < 4.78 is 5.58. The number of aryl methyl sites for hydroxylation is 1. The molecule has 0 fully saturated rings. The fourth-order valence-corrected chi connectivity index (χ4v) is 3.55. The zero-order valence-electron chi connectivity index (χ0n) is 18.1. The van der Waals surface area contributed by atoms with E-state index in [1.54, 1.807) is 24.3 Å². The average Bonchev–Trinajstić information content (AvgIpc) is 3.01. The number of carbonyl (C=O) groups is 2. The molecule has 2 aromatic rings. The highest BCUT2D eigenvalue weighted by Gasteiger charge is 2.38. The molecule has 2 amide bonds. The third kappa shape index (κ3) is 5.75. The molecule has 1 aliphatic rings. The first-order chi connectivity index (χ1) is 15.0. The fourth-order valence-electron chi connectivity index (χ4n) is 3.42. The number of ether oxygens (including phenoxy) is 1. The maximum Gasteiger partial charge on any atom is 0.278 e. The Balaban J connectivity index is 1.81. The molecule has 0 radical (unpaired) electrons. The molecule has 0 saturated heterocycles. The van der Waals surface area contributed by atoms with Crippen LogP contribution in [-0.4, -0.2) is 36.5 Å². The Morgan fingerprint density at radius 2 is 1.58 bits per heavy atom. The van der Waals surface area contributed by atoms with E-state index >= 15 is 0 Å². The summed E-state index contributed by atoms with van der Waals surface area (Å²) in [7, 11) is 0. The van der Waals surface area contributed by atoms with E-state index in [4.69, 9.17) is 16.3 Å². The standard InChI is InChI=1S/C25H29ClN2O3/c1-3-5-16-31-17-6-15-28-24(29)22(19-9-11-20(26)12-10-19)23(25(28)30)27-21-13-7-18(4-2)8-14-21/h7-14,27H,3-6,15-17H2,1-2H3. The molecule has 5 nitrogen and oxygen atoms in total. The molecule has 6 heteroatoms. The Morgan fingerprint density at radius 3 is 2.23 bits per heavy atom. The molecule has 0 aliphatic carbocycles. The molecule has 31 heavy (non-hydrogen) atoms. The van der Waals surface area contributed by atoms with Crippen LogP contribution in [0.2, 0.25) is 5.02 Å². The van der Waals surface area contributed by atoms with E-state index in [-0.39, 0.29) is 11.8 Å². The minimum Gasteiger partial charge on any atom is -0.381 e. The van der Waals surface area contributed by atoms with Gasteiger partial charge >= 0.3 is 0 Å². The lowest BCUT2D eigenvalue weighted by atomic mass is 10.0. The van der Waals surface area contributed by atoms with E-state index in [1.807, 2.05) is 24.3 Å². The van der Waals surface area contributed by atoms with Gasteiger partial charge in [-0.25, -0.2) is 0 Å². The van der Waals surface area contributed by atoms with Crippen molar-refractivity contribution in [1.82, 2.24) is 4.90 Å². The van der Waals surface area contributed by atoms with Crippen molar-refractivity contribution in [2.75, 3.05) is 25.1 Å². The number of hydrogen-bond donors (Lipinski definition) is 1. The van der Waals surface area contributed by atoms with Crippen molar-refractivity contribution in [2.24, 2.45) is 0 Å². The summed E-state index contributed by atoms with van der Waals surface area (Å²) in [6.45, 7) is 5.74. The van der Waals surface area contributed by atoms with Gasteiger partial charge < -0.3 is 10.1 Å². The summed E-state index contributed by atoms with van der Waals surface area (Å²) in [5, 5.41) is 3.76.